The van der Waals surface area contributed by atoms with Crippen LogP contribution in [-0.2, 0) is 4.79 Å². The highest BCUT2D eigenvalue weighted by Gasteiger charge is 2.18. The molecule has 0 aliphatic carbocycles. The standard InChI is InChI=1S/C6H9F3O2S/c7-4(6(8)9)3-12-2-1-5(10)11/h4,6H,1-3H2,(H,10,11). The highest BCUT2D eigenvalue weighted by atomic mass is 32.2. The summed E-state index contributed by atoms with van der Waals surface area (Å²) in [5.41, 5.74) is 0. The summed E-state index contributed by atoms with van der Waals surface area (Å²) >= 11 is 0.882. The average Bonchev–Trinajstić information content (AvgIpc) is 1.97. The molecule has 12 heavy (non-hydrogen) atoms. The molecule has 0 aliphatic heterocycles. The first-order valence-corrected chi connectivity index (χ1v) is 4.41. The molecule has 0 heterocycles. The predicted molar refractivity (Wildman–Crippen MR) is 40.5 cm³/mol. The maximum Gasteiger partial charge on any atom is 0.304 e. The van der Waals surface area contributed by atoms with Crippen LogP contribution in [0.15, 0.2) is 0 Å². The number of aliphatic carboxylic acids is 1. The SMILES string of the molecule is O=C(O)CCSCC(F)C(F)F. The van der Waals surface area contributed by atoms with Crippen molar-refractivity contribution >= 4 is 17.7 Å². The molecule has 1 atom stereocenters. The van der Waals surface area contributed by atoms with Crippen molar-refractivity contribution in [3.05, 3.63) is 0 Å². The van der Waals surface area contributed by atoms with E-state index < -0.39 is 18.6 Å². The van der Waals surface area contributed by atoms with E-state index in [9.17, 15) is 18.0 Å². The Morgan fingerprint density at radius 2 is 2.00 bits per heavy atom. The van der Waals surface area contributed by atoms with Crippen molar-refractivity contribution in [1.82, 2.24) is 0 Å². The molecule has 0 saturated heterocycles. The molecule has 0 aromatic carbocycles. The molecule has 0 rings (SSSR count). The minimum absolute atomic E-state index is 0.124. The van der Waals surface area contributed by atoms with Crippen molar-refractivity contribution in [3.8, 4) is 0 Å². The maximum atomic E-state index is 12.1. The molecule has 1 N–H and O–H groups in total. The summed E-state index contributed by atoms with van der Waals surface area (Å²) in [6.07, 6.45) is -5.24. The molecule has 1 unspecified atom stereocenters. The summed E-state index contributed by atoms with van der Waals surface area (Å²) in [5, 5.41) is 8.13. The Morgan fingerprint density at radius 1 is 1.42 bits per heavy atom. The summed E-state index contributed by atoms with van der Waals surface area (Å²) < 4.78 is 35.2. The van der Waals surface area contributed by atoms with E-state index in [4.69, 9.17) is 5.11 Å². The van der Waals surface area contributed by atoms with Crippen molar-refractivity contribution in [2.45, 2.75) is 19.0 Å². The topological polar surface area (TPSA) is 37.3 Å². The minimum Gasteiger partial charge on any atom is -0.481 e. The second kappa shape index (κ2) is 6.16. The fraction of sp³-hybridized carbons (Fsp3) is 0.833. The van der Waals surface area contributed by atoms with Gasteiger partial charge in [0.2, 0.25) is 0 Å². The Kier molecular flexibility index (Phi) is 5.96. The monoisotopic (exact) mass is 202 g/mol. The van der Waals surface area contributed by atoms with Gasteiger partial charge >= 0.3 is 5.97 Å². The predicted octanol–water partition coefficient (Wildman–Crippen LogP) is 1.80. The third-order valence-electron chi connectivity index (χ3n) is 1.01. The third-order valence-corrected chi connectivity index (χ3v) is 2.06. The molecule has 72 valence electrons. The summed E-state index contributed by atoms with van der Waals surface area (Å²) in [6, 6.07) is 0. The van der Waals surface area contributed by atoms with Crippen LogP contribution in [0, 0.1) is 0 Å². The molecule has 2 nitrogen and oxygen atoms in total. The number of carbonyl (C=O) groups is 1. The lowest BCUT2D eigenvalue weighted by molar-refractivity contribution is -0.136. The molecule has 0 aliphatic rings. The Bertz CT molecular complexity index is 143. The number of rotatable bonds is 6. The molecule has 0 spiro atoms. The van der Waals surface area contributed by atoms with Gasteiger partial charge in [-0.2, -0.15) is 11.8 Å². The van der Waals surface area contributed by atoms with E-state index in [-0.39, 0.29) is 17.9 Å². The smallest absolute Gasteiger partial charge is 0.304 e. The fourth-order valence-electron chi connectivity index (χ4n) is 0.428. The zero-order valence-electron chi connectivity index (χ0n) is 6.17. The molecule has 0 fully saturated rings. The highest BCUT2D eigenvalue weighted by Crippen LogP contribution is 2.13. The largest absolute Gasteiger partial charge is 0.481 e. The van der Waals surface area contributed by atoms with E-state index in [0.29, 0.717) is 0 Å². The van der Waals surface area contributed by atoms with Crippen molar-refractivity contribution in [2.75, 3.05) is 11.5 Å². The summed E-state index contributed by atoms with van der Waals surface area (Å²) in [4.78, 5) is 9.92. The third kappa shape index (κ3) is 6.33. The van der Waals surface area contributed by atoms with Gasteiger partial charge in [-0.25, -0.2) is 13.2 Å². The number of hydrogen-bond donors (Lipinski definition) is 1. The fourth-order valence-corrected chi connectivity index (χ4v) is 1.28. The molecular weight excluding hydrogens is 193 g/mol. The van der Waals surface area contributed by atoms with Crippen molar-refractivity contribution in [1.29, 1.82) is 0 Å². The average molecular weight is 202 g/mol. The first-order valence-electron chi connectivity index (χ1n) is 3.25. The number of carboxylic acid groups (broad SMARTS) is 1. The Balaban J connectivity index is 3.25. The molecule has 0 saturated carbocycles. The van der Waals surface area contributed by atoms with E-state index in [1.54, 1.807) is 0 Å². The van der Waals surface area contributed by atoms with Crippen LogP contribution in [-0.4, -0.2) is 35.2 Å². The van der Waals surface area contributed by atoms with Gasteiger partial charge < -0.3 is 5.11 Å². The summed E-state index contributed by atoms with van der Waals surface area (Å²) in [6.45, 7) is 0. The molecule has 0 amide bonds. The van der Waals surface area contributed by atoms with Crippen LogP contribution in [0.25, 0.3) is 0 Å². The highest BCUT2D eigenvalue weighted by molar-refractivity contribution is 7.99. The Labute approximate surface area is 72.1 Å². The van der Waals surface area contributed by atoms with E-state index >= 15 is 0 Å². The van der Waals surface area contributed by atoms with Crippen LogP contribution in [0.5, 0.6) is 0 Å². The lowest BCUT2D eigenvalue weighted by Crippen LogP contribution is -2.15. The first-order chi connectivity index (χ1) is 5.54. The van der Waals surface area contributed by atoms with Crippen molar-refractivity contribution in [3.63, 3.8) is 0 Å². The summed E-state index contributed by atoms with van der Waals surface area (Å²) in [5.74, 6) is -1.18. The van der Waals surface area contributed by atoms with E-state index in [2.05, 4.69) is 0 Å². The van der Waals surface area contributed by atoms with E-state index in [0.717, 1.165) is 11.8 Å². The van der Waals surface area contributed by atoms with Gasteiger partial charge in [-0.05, 0) is 0 Å². The second-order valence-electron chi connectivity index (χ2n) is 2.07. The number of alkyl halides is 3. The van der Waals surface area contributed by atoms with Gasteiger partial charge in [0.1, 0.15) is 0 Å². The number of hydrogen-bond acceptors (Lipinski definition) is 2. The number of halogens is 3. The molecule has 0 aromatic heterocycles. The van der Waals surface area contributed by atoms with Gasteiger partial charge in [-0.15, -0.1) is 0 Å². The van der Waals surface area contributed by atoms with Crippen molar-refractivity contribution in [2.24, 2.45) is 0 Å². The molecule has 0 radical (unpaired) electrons. The van der Waals surface area contributed by atoms with Crippen LogP contribution < -0.4 is 0 Å². The molecule has 6 heteroatoms. The number of thioether (sulfide) groups is 1. The maximum absolute atomic E-state index is 12.1. The van der Waals surface area contributed by atoms with Gasteiger partial charge in [0.15, 0.2) is 6.17 Å². The normalized spacial score (nSPS) is 13.3. The number of carboxylic acids is 1. The Morgan fingerprint density at radius 3 is 2.42 bits per heavy atom. The van der Waals surface area contributed by atoms with Crippen LogP contribution >= 0.6 is 11.8 Å². The zero-order chi connectivity index (χ0) is 9.56. The molecular formula is C6H9F3O2S. The molecule has 0 aromatic rings. The van der Waals surface area contributed by atoms with Gasteiger partial charge in [-0.3, -0.25) is 4.79 Å². The summed E-state index contributed by atoms with van der Waals surface area (Å²) in [7, 11) is 0. The lowest BCUT2D eigenvalue weighted by atomic mass is 10.5. The van der Waals surface area contributed by atoms with Crippen LogP contribution in [0.1, 0.15) is 6.42 Å². The van der Waals surface area contributed by atoms with Gasteiger partial charge in [0, 0.05) is 11.5 Å². The van der Waals surface area contributed by atoms with Gasteiger partial charge in [0.25, 0.3) is 6.43 Å². The van der Waals surface area contributed by atoms with Crippen LogP contribution in [0.2, 0.25) is 0 Å². The second-order valence-corrected chi connectivity index (χ2v) is 3.22. The lowest BCUT2D eigenvalue weighted by Gasteiger charge is -2.04. The van der Waals surface area contributed by atoms with Crippen molar-refractivity contribution < 1.29 is 23.1 Å². The Hall–Kier alpha value is -0.390. The van der Waals surface area contributed by atoms with Gasteiger partial charge in [-0.1, -0.05) is 0 Å². The van der Waals surface area contributed by atoms with Crippen LogP contribution in [0.3, 0.4) is 0 Å². The van der Waals surface area contributed by atoms with E-state index in [1.807, 2.05) is 0 Å². The van der Waals surface area contributed by atoms with Crippen LogP contribution in [0.4, 0.5) is 13.2 Å². The van der Waals surface area contributed by atoms with Gasteiger partial charge in [0.05, 0.1) is 6.42 Å². The van der Waals surface area contributed by atoms with E-state index in [1.165, 1.54) is 0 Å². The first kappa shape index (κ1) is 11.6. The zero-order valence-corrected chi connectivity index (χ0v) is 6.99. The molecule has 0 bridgehead atoms. The quantitative estimate of drug-likeness (QED) is 0.667. The minimum atomic E-state index is -2.97.